The molecule has 11 heteroatoms. The van der Waals surface area contributed by atoms with E-state index in [1.165, 1.54) is 11.1 Å². The van der Waals surface area contributed by atoms with Gasteiger partial charge < -0.3 is 19.7 Å². The van der Waals surface area contributed by atoms with Crippen LogP contribution in [0.1, 0.15) is 41.4 Å². The number of hydrogen-bond acceptors (Lipinski definition) is 7. The fraction of sp³-hybridized carbons (Fsp3) is 0.400. The van der Waals surface area contributed by atoms with Crippen molar-refractivity contribution in [1.82, 2.24) is 35.4 Å². The number of carbonyl (C=O) groups excluding carboxylic acids is 1. The van der Waals surface area contributed by atoms with Crippen LogP contribution in [0.5, 0.6) is 0 Å². The molecule has 1 saturated heterocycles. The van der Waals surface area contributed by atoms with Crippen LogP contribution < -0.4 is 5.32 Å². The second kappa shape index (κ2) is 7.82. The van der Waals surface area contributed by atoms with Gasteiger partial charge in [0.2, 0.25) is 5.89 Å². The first kappa shape index (κ1) is 19.2. The highest BCUT2D eigenvalue weighted by atomic mass is 16.4. The third-order valence-corrected chi connectivity index (χ3v) is 5.69. The van der Waals surface area contributed by atoms with Gasteiger partial charge in [0, 0.05) is 24.3 Å². The Balaban J connectivity index is 1.27. The van der Waals surface area contributed by atoms with E-state index < -0.39 is 12.0 Å². The van der Waals surface area contributed by atoms with Crippen LogP contribution >= 0.6 is 0 Å². The lowest BCUT2D eigenvalue weighted by atomic mass is 10.0. The largest absolute Gasteiger partial charge is 0.465 e. The van der Waals surface area contributed by atoms with Gasteiger partial charge in [-0.3, -0.25) is 9.48 Å². The highest BCUT2D eigenvalue weighted by molar-refractivity contribution is 5.90. The standard InChI is InChI=1S/C20H21N7O4/c28-17(19-24-23-18(31-19)16-4-2-1-3-15(16)12-5-6-12)22-13-9-14(27(10-13)20(29)30)11-26-8-7-21-25-26/h1-4,7-8,12-14H,5-6,9-11H2,(H,22,28)(H,29,30)/t13?,14-/m1/s1. The number of benzene rings is 1. The third kappa shape index (κ3) is 3.98. The first-order valence-electron chi connectivity index (χ1n) is 10.2. The van der Waals surface area contributed by atoms with Gasteiger partial charge in [-0.05, 0) is 36.8 Å². The Morgan fingerprint density at radius 1 is 1.23 bits per heavy atom. The van der Waals surface area contributed by atoms with E-state index in [0.29, 0.717) is 24.8 Å². The van der Waals surface area contributed by atoms with Gasteiger partial charge in [0.25, 0.3) is 0 Å². The maximum atomic E-state index is 12.7. The SMILES string of the molecule is O=C(NC1C[C@H](Cn2ccnn2)N(C(=O)O)C1)c1nnc(-c2ccccc2C2CC2)o1. The monoisotopic (exact) mass is 423 g/mol. The predicted molar refractivity (Wildman–Crippen MR) is 106 cm³/mol. The van der Waals surface area contributed by atoms with Gasteiger partial charge in [0.1, 0.15) is 0 Å². The quantitative estimate of drug-likeness (QED) is 0.611. The molecular weight excluding hydrogens is 402 g/mol. The first-order valence-corrected chi connectivity index (χ1v) is 10.2. The molecule has 1 unspecified atom stereocenters. The second-order valence-electron chi connectivity index (χ2n) is 7.89. The van der Waals surface area contributed by atoms with Crippen LogP contribution in [-0.2, 0) is 6.54 Å². The van der Waals surface area contributed by atoms with E-state index >= 15 is 0 Å². The van der Waals surface area contributed by atoms with Crippen LogP contribution in [0.25, 0.3) is 11.5 Å². The highest BCUT2D eigenvalue weighted by Crippen LogP contribution is 2.44. The van der Waals surface area contributed by atoms with Crippen LogP contribution in [0, 0.1) is 0 Å². The van der Waals surface area contributed by atoms with Crippen LogP contribution in [-0.4, -0.2) is 65.8 Å². The Bertz CT molecular complexity index is 1090. The average molecular weight is 423 g/mol. The van der Waals surface area contributed by atoms with Gasteiger partial charge in [-0.2, -0.15) is 0 Å². The number of nitrogens with one attached hydrogen (secondary N) is 1. The summed E-state index contributed by atoms with van der Waals surface area (Å²) in [7, 11) is 0. The second-order valence-corrected chi connectivity index (χ2v) is 7.89. The van der Waals surface area contributed by atoms with Crippen LogP contribution in [0.2, 0.25) is 0 Å². The van der Waals surface area contributed by atoms with Crippen molar-refractivity contribution in [3.8, 4) is 11.5 Å². The number of likely N-dealkylation sites (tertiary alicyclic amines) is 1. The Labute approximate surface area is 177 Å². The molecule has 31 heavy (non-hydrogen) atoms. The van der Waals surface area contributed by atoms with Crippen molar-refractivity contribution in [3.05, 3.63) is 48.1 Å². The van der Waals surface area contributed by atoms with Crippen molar-refractivity contribution in [2.75, 3.05) is 6.54 Å². The zero-order valence-electron chi connectivity index (χ0n) is 16.6. The molecule has 3 heterocycles. The molecule has 2 aromatic heterocycles. The highest BCUT2D eigenvalue weighted by Gasteiger charge is 2.37. The van der Waals surface area contributed by atoms with E-state index in [9.17, 15) is 14.7 Å². The maximum Gasteiger partial charge on any atom is 0.407 e. The van der Waals surface area contributed by atoms with Gasteiger partial charge in [-0.25, -0.2) is 4.79 Å². The van der Waals surface area contributed by atoms with Gasteiger partial charge >= 0.3 is 17.9 Å². The normalized spacial score (nSPS) is 20.7. The summed E-state index contributed by atoms with van der Waals surface area (Å²) in [4.78, 5) is 25.6. The Morgan fingerprint density at radius 2 is 2.06 bits per heavy atom. The molecule has 1 aromatic carbocycles. The molecule has 0 bridgehead atoms. The molecule has 2 atom stereocenters. The molecule has 0 spiro atoms. The van der Waals surface area contributed by atoms with Gasteiger partial charge in [-0.1, -0.05) is 23.4 Å². The fourth-order valence-electron chi connectivity index (χ4n) is 4.09. The number of carbonyl (C=O) groups is 2. The molecule has 0 radical (unpaired) electrons. The first-order chi connectivity index (χ1) is 15.1. The molecule has 2 N–H and O–H groups in total. The summed E-state index contributed by atoms with van der Waals surface area (Å²) in [6, 6.07) is 7.15. The molecule has 1 saturated carbocycles. The van der Waals surface area contributed by atoms with Gasteiger partial charge in [0.05, 0.1) is 18.8 Å². The summed E-state index contributed by atoms with van der Waals surface area (Å²) in [5.41, 5.74) is 2.00. The van der Waals surface area contributed by atoms with Crippen molar-refractivity contribution in [2.45, 2.75) is 43.8 Å². The van der Waals surface area contributed by atoms with Gasteiger partial charge in [-0.15, -0.1) is 15.3 Å². The maximum absolute atomic E-state index is 12.7. The lowest BCUT2D eigenvalue weighted by molar-refractivity contribution is 0.0901. The average Bonchev–Trinajstić information content (AvgIpc) is 3.15. The molecular formula is C20H21N7O4. The molecule has 1 aliphatic heterocycles. The van der Waals surface area contributed by atoms with E-state index in [0.717, 1.165) is 24.0 Å². The van der Waals surface area contributed by atoms with Crippen molar-refractivity contribution < 1.29 is 19.1 Å². The van der Waals surface area contributed by atoms with Crippen LogP contribution in [0.3, 0.4) is 0 Å². The molecule has 5 rings (SSSR count). The van der Waals surface area contributed by atoms with E-state index in [1.54, 1.807) is 10.9 Å². The topological polar surface area (TPSA) is 139 Å². The number of hydrogen-bond donors (Lipinski definition) is 2. The molecule has 160 valence electrons. The minimum absolute atomic E-state index is 0.137. The fourth-order valence-corrected chi connectivity index (χ4v) is 4.09. The minimum atomic E-state index is -1.04. The molecule has 3 aromatic rings. The smallest absolute Gasteiger partial charge is 0.407 e. The number of nitrogens with zero attached hydrogens (tertiary/aromatic N) is 6. The lowest BCUT2D eigenvalue weighted by Gasteiger charge is -2.20. The minimum Gasteiger partial charge on any atom is -0.465 e. The summed E-state index contributed by atoms with van der Waals surface area (Å²) in [6.45, 7) is 0.535. The Kier molecular flexibility index (Phi) is 4.85. The number of rotatable bonds is 6. The van der Waals surface area contributed by atoms with Crippen molar-refractivity contribution in [3.63, 3.8) is 0 Å². The lowest BCUT2D eigenvalue weighted by Crippen LogP contribution is -2.39. The summed E-state index contributed by atoms with van der Waals surface area (Å²) in [5, 5.41) is 27.9. The Morgan fingerprint density at radius 3 is 2.81 bits per heavy atom. The number of amides is 2. The molecule has 2 fully saturated rings. The summed E-state index contributed by atoms with van der Waals surface area (Å²) in [6.07, 6.45) is 4.88. The van der Waals surface area contributed by atoms with Crippen molar-refractivity contribution in [2.24, 2.45) is 0 Å². The van der Waals surface area contributed by atoms with E-state index in [1.807, 2.05) is 24.3 Å². The van der Waals surface area contributed by atoms with Gasteiger partial charge in [0.15, 0.2) is 0 Å². The zero-order valence-corrected chi connectivity index (χ0v) is 16.6. The predicted octanol–water partition coefficient (Wildman–Crippen LogP) is 1.76. The van der Waals surface area contributed by atoms with Crippen LogP contribution in [0.15, 0.2) is 41.1 Å². The molecule has 11 nitrogen and oxygen atoms in total. The summed E-state index contributed by atoms with van der Waals surface area (Å²) >= 11 is 0. The third-order valence-electron chi connectivity index (χ3n) is 5.69. The van der Waals surface area contributed by atoms with E-state index in [4.69, 9.17) is 4.42 Å². The van der Waals surface area contributed by atoms with E-state index in [-0.39, 0.29) is 24.5 Å². The zero-order chi connectivity index (χ0) is 21.4. The molecule has 1 aliphatic carbocycles. The van der Waals surface area contributed by atoms with Crippen molar-refractivity contribution in [1.29, 1.82) is 0 Å². The van der Waals surface area contributed by atoms with Crippen molar-refractivity contribution >= 4 is 12.0 Å². The Hall–Kier alpha value is -3.76. The summed E-state index contributed by atoms with van der Waals surface area (Å²) in [5.74, 6) is 0.166. The molecule has 2 amide bonds. The number of aromatic nitrogens is 5. The van der Waals surface area contributed by atoms with E-state index in [2.05, 4.69) is 25.8 Å². The van der Waals surface area contributed by atoms with Crippen LogP contribution in [0.4, 0.5) is 4.79 Å². The summed E-state index contributed by atoms with van der Waals surface area (Å²) < 4.78 is 7.24. The number of carboxylic acid groups (broad SMARTS) is 1. The molecule has 2 aliphatic rings.